The molecule has 2 atom stereocenters. The second-order valence-electron chi connectivity index (χ2n) is 9.33. The van der Waals surface area contributed by atoms with E-state index in [1.807, 2.05) is 0 Å². The number of hydrogen-bond donors (Lipinski definition) is 2. The Bertz CT molecular complexity index is 1220. The topological polar surface area (TPSA) is 159 Å². The highest BCUT2D eigenvalue weighted by molar-refractivity contribution is 5.70. The van der Waals surface area contributed by atoms with E-state index in [4.69, 9.17) is 9.47 Å². The average molecular weight is 486 g/mol. The number of aromatic amines is 1. The summed E-state index contributed by atoms with van der Waals surface area (Å²) in [6, 6.07) is 3.62. The van der Waals surface area contributed by atoms with Crippen LogP contribution in [0.2, 0.25) is 0 Å². The third kappa shape index (κ3) is 5.03. The first kappa shape index (κ1) is 23.0. The van der Waals surface area contributed by atoms with Gasteiger partial charge in [0.1, 0.15) is 13.6 Å². The van der Waals surface area contributed by atoms with E-state index < -0.39 is 11.9 Å². The summed E-state index contributed by atoms with van der Waals surface area (Å²) < 4.78 is 14.1. The third-order valence-electron chi connectivity index (χ3n) is 6.64. The van der Waals surface area contributed by atoms with Crippen molar-refractivity contribution in [1.29, 1.82) is 0 Å². The Balaban J connectivity index is 1.33. The summed E-state index contributed by atoms with van der Waals surface area (Å²) in [6.45, 7) is 2.51. The van der Waals surface area contributed by atoms with E-state index in [1.54, 1.807) is 30.8 Å². The first-order valence-corrected chi connectivity index (χ1v) is 11.9. The maximum atomic E-state index is 13.2. The number of tetrazole rings is 1. The molecule has 0 unspecified atom stereocenters. The van der Waals surface area contributed by atoms with Crippen LogP contribution in [0.3, 0.4) is 0 Å². The minimum Gasteiger partial charge on any atom is -0.618 e. The molecular formula is C22H29N8O5+. The fourth-order valence-electron chi connectivity index (χ4n) is 4.34. The van der Waals surface area contributed by atoms with Crippen molar-refractivity contribution in [3.63, 3.8) is 0 Å². The summed E-state index contributed by atoms with van der Waals surface area (Å²) >= 11 is 0. The number of aryl methyl sites for hydroxylation is 1. The van der Waals surface area contributed by atoms with Gasteiger partial charge in [0.2, 0.25) is 11.4 Å². The van der Waals surface area contributed by atoms with Crippen LogP contribution in [-0.4, -0.2) is 54.3 Å². The number of H-pyrrole nitrogens is 1. The van der Waals surface area contributed by atoms with Gasteiger partial charge in [0.25, 0.3) is 5.69 Å². The van der Waals surface area contributed by atoms with E-state index in [1.165, 1.54) is 17.6 Å². The molecule has 3 aromatic heterocycles. The standard InChI is InChI=1S/C22H28N8O5/c1-13-19(35-16-5-3-4-15(10-16)21(31)32)9-8-17(30(13)33)20-18(28(2)26-23-20)11-29-25-22(24-27-29)34-12-14-6-7-14/h8-9,14-16H,3-7,10-12H2,1-2H3,(H,31,32)/p+1/t15-,16-/m0/s1. The molecule has 3 aromatic rings. The van der Waals surface area contributed by atoms with Crippen LogP contribution in [0.4, 0.5) is 0 Å². The molecule has 13 nitrogen and oxygen atoms in total. The number of carbonyl (C=O) groups is 1. The number of aliphatic carboxylic acids is 1. The van der Waals surface area contributed by atoms with Crippen LogP contribution < -0.4 is 18.9 Å². The van der Waals surface area contributed by atoms with Crippen molar-refractivity contribution >= 4 is 5.97 Å². The number of aromatic nitrogens is 8. The van der Waals surface area contributed by atoms with Gasteiger partial charge in [-0.3, -0.25) is 4.79 Å². The minimum absolute atomic E-state index is 0.230. The van der Waals surface area contributed by atoms with E-state index in [9.17, 15) is 15.1 Å². The van der Waals surface area contributed by atoms with Crippen molar-refractivity contribution < 1.29 is 28.8 Å². The van der Waals surface area contributed by atoms with Crippen molar-refractivity contribution in [3.05, 3.63) is 28.7 Å². The lowest BCUT2D eigenvalue weighted by atomic mass is 9.87. The molecule has 0 radical (unpaired) electrons. The lowest BCUT2D eigenvalue weighted by molar-refractivity contribution is -0.737. The molecule has 0 aromatic carbocycles. The van der Waals surface area contributed by atoms with Gasteiger partial charge in [0.15, 0.2) is 5.75 Å². The molecule has 2 saturated carbocycles. The van der Waals surface area contributed by atoms with Gasteiger partial charge in [0, 0.05) is 13.0 Å². The van der Waals surface area contributed by atoms with Gasteiger partial charge >= 0.3 is 17.7 Å². The van der Waals surface area contributed by atoms with Gasteiger partial charge in [-0.15, -0.1) is 0 Å². The summed E-state index contributed by atoms with van der Waals surface area (Å²) in [5, 5.41) is 42.0. The molecule has 186 valence electrons. The summed E-state index contributed by atoms with van der Waals surface area (Å²) in [5.74, 6) is -0.188. The number of pyridine rings is 1. The van der Waals surface area contributed by atoms with Crippen molar-refractivity contribution in [2.45, 2.75) is 58.1 Å². The van der Waals surface area contributed by atoms with Crippen LogP contribution in [0.15, 0.2) is 12.1 Å². The Kier molecular flexibility index (Phi) is 6.22. The molecule has 13 heteroatoms. The van der Waals surface area contributed by atoms with Gasteiger partial charge in [-0.2, -0.15) is 14.2 Å². The normalized spacial score (nSPS) is 20.1. The van der Waals surface area contributed by atoms with Crippen LogP contribution in [-0.2, 0) is 18.4 Å². The van der Waals surface area contributed by atoms with E-state index in [-0.39, 0.29) is 18.7 Å². The molecule has 5 rings (SSSR count). The number of rotatable bonds is 9. The second kappa shape index (κ2) is 9.47. The van der Waals surface area contributed by atoms with Crippen LogP contribution in [0.25, 0.3) is 11.4 Å². The lowest BCUT2D eigenvalue weighted by Crippen LogP contribution is -2.38. The minimum atomic E-state index is -0.799. The Hall–Kier alpha value is -3.77. The highest BCUT2D eigenvalue weighted by atomic mass is 16.5. The number of hydrogen-bond acceptors (Lipinski definition) is 8. The fourth-order valence-corrected chi connectivity index (χ4v) is 4.34. The largest absolute Gasteiger partial charge is 0.618 e. The van der Waals surface area contributed by atoms with Crippen molar-refractivity contribution in [3.8, 4) is 23.1 Å². The monoisotopic (exact) mass is 485 g/mol. The molecular weight excluding hydrogens is 456 g/mol. The molecule has 0 saturated heterocycles. The quantitative estimate of drug-likeness (QED) is 0.328. The van der Waals surface area contributed by atoms with E-state index >= 15 is 0 Å². The summed E-state index contributed by atoms with van der Waals surface area (Å²) in [7, 11) is 1.79. The van der Waals surface area contributed by atoms with Gasteiger partial charge in [-0.25, -0.2) is 0 Å². The van der Waals surface area contributed by atoms with Gasteiger partial charge in [-0.1, -0.05) is 15.4 Å². The molecule has 0 amide bonds. The van der Waals surface area contributed by atoms with E-state index in [2.05, 4.69) is 25.7 Å². The van der Waals surface area contributed by atoms with E-state index in [0.717, 1.165) is 17.6 Å². The van der Waals surface area contributed by atoms with Crippen LogP contribution in [0.5, 0.6) is 11.8 Å². The molecule has 2 N–H and O–H groups in total. The van der Waals surface area contributed by atoms with E-state index in [0.29, 0.717) is 53.9 Å². The average Bonchev–Trinajstić information content (AvgIpc) is 3.47. The Morgan fingerprint density at radius 2 is 2.14 bits per heavy atom. The molecule has 35 heavy (non-hydrogen) atoms. The van der Waals surface area contributed by atoms with Crippen molar-refractivity contribution in [2.24, 2.45) is 18.9 Å². The Morgan fingerprint density at radius 1 is 1.31 bits per heavy atom. The van der Waals surface area contributed by atoms with Gasteiger partial charge in [0.05, 0.1) is 23.7 Å². The van der Waals surface area contributed by atoms with Gasteiger partial charge in [-0.05, 0) is 55.7 Å². The van der Waals surface area contributed by atoms with Crippen LogP contribution in [0, 0.1) is 24.0 Å². The maximum Gasteiger partial charge on any atom is 0.356 e. The number of carboxylic acid groups (broad SMARTS) is 1. The molecule has 0 aliphatic heterocycles. The Labute approximate surface area is 201 Å². The zero-order chi connectivity index (χ0) is 24.5. The zero-order valence-corrected chi connectivity index (χ0v) is 19.8. The summed E-state index contributed by atoms with van der Waals surface area (Å²) in [6.07, 6.45) is 4.75. The number of nitrogens with one attached hydrogen (secondary N) is 1. The summed E-state index contributed by atoms with van der Waals surface area (Å²) in [4.78, 5) is 12.8. The van der Waals surface area contributed by atoms with Crippen molar-refractivity contribution in [1.82, 2.24) is 30.5 Å². The van der Waals surface area contributed by atoms with Crippen LogP contribution >= 0.6 is 0 Å². The fraction of sp³-hybridized carbons (Fsp3) is 0.591. The molecule has 0 spiro atoms. The highest BCUT2D eigenvalue weighted by Crippen LogP contribution is 2.30. The zero-order valence-electron chi connectivity index (χ0n) is 19.8. The van der Waals surface area contributed by atoms with Crippen LogP contribution in [0.1, 0.15) is 49.9 Å². The highest BCUT2D eigenvalue weighted by Gasteiger charge is 2.32. The smallest absolute Gasteiger partial charge is 0.356 e. The second-order valence-corrected chi connectivity index (χ2v) is 9.33. The lowest BCUT2D eigenvalue weighted by Gasteiger charge is -2.27. The molecule has 2 fully saturated rings. The molecule has 3 heterocycles. The van der Waals surface area contributed by atoms with Gasteiger partial charge < -0.3 is 19.8 Å². The number of carboxylic acids is 1. The number of nitrogens with zero attached hydrogens (tertiary/aromatic N) is 7. The SMILES string of the molecule is Cc1c(O[C@H]2CCC[C@H](C(=O)O)C2)ccc(-c2n[nH][n+](C)c2Cn2nnc(OCC3CC3)n2)[n+]1[O-]. The van der Waals surface area contributed by atoms with Crippen molar-refractivity contribution in [2.75, 3.05) is 6.61 Å². The maximum absolute atomic E-state index is 13.2. The first-order valence-electron chi connectivity index (χ1n) is 11.9. The Morgan fingerprint density at radius 3 is 2.91 bits per heavy atom. The first-order chi connectivity index (χ1) is 16.9. The molecule has 0 bridgehead atoms. The predicted molar refractivity (Wildman–Crippen MR) is 118 cm³/mol. The molecule has 2 aliphatic rings. The third-order valence-corrected chi connectivity index (χ3v) is 6.64. The number of ether oxygens (including phenoxy) is 2. The predicted octanol–water partition coefficient (Wildman–Crippen LogP) is 0.689. The molecule has 2 aliphatic carbocycles. The summed E-state index contributed by atoms with van der Waals surface area (Å²) in [5.41, 5.74) is 1.87.